The van der Waals surface area contributed by atoms with Gasteiger partial charge in [-0.2, -0.15) is 0 Å². The first kappa shape index (κ1) is 58.0. The first-order valence-corrected chi connectivity index (χ1v) is 24.7. The molecule has 0 aromatic rings. The van der Waals surface area contributed by atoms with E-state index in [-0.39, 0.29) is 31.6 Å². The number of unbranched alkanes of at least 4 members (excludes halogenated alkanes) is 11. The Hall–Kier alpha value is -3.96. The van der Waals surface area contributed by atoms with Crippen LogP contribution in [0.25, 0.3) is 0 Å². The molecule has 0 saturated carbocycles. The van der Waals surface area contributed by atoms with Gasteiger partial charge in [0.1, 0.15) is 6.61 Å². The van der Waals surface area contributed by atoms with E-state index >= 15 is 0 Å². The molecule has 0 saturated heterocycles. The first-order chi connectivity index (χ1) is 30.6. The van der Waals surface area contributed by atoms with Crippen LogP contribution in [0.15, 0.2) is 134 Å². The third-order valence-electron chi connectivity index (χ3n) is 9.68. The lowest BCUT2D eigenvalue weighted by molar-refractivity contribution is -0.162. The molecule has 348 valence electrons. The molecule has 0 aromatic heterocycles. The van der Waals surface area contributed by atoms with Crippen LogP contribution in [0.2, 0.25) is 0 Å². The molecular weight excluding hydrogens is 765 g/mol. The molecule has 0 rings (SSSR count). The maximum absolute atomic E-state index is 12.7. The molecule has 62 heavy (non-hydrogen) atoms. The lowest BCUT2D eigenvalue weighted by Gasteiger charge is -2.18. The van der Waals surface area contributed by atoms with Gasteiger partial charge in [-0.15, -0.1) is 0 Å². The van der Waals surface area contributed by atoms with E-state index in [1.807, 2.05) is 12.2 Å². The summed E-state index contributed by atoms with van der Waals surface area (Å²) in [4.78, 5) is 25.3. The minimum absolute atomic E-state index is 0.00824. The number of hydrogen-bond acceptors (Lipinski definition) is 5. The molecule has 0 aromatic carbocycles. The molecule has 1 unspecified atom stereocenters. The Labute approximate surface area is 381 Å². The van der Waals surface area contributed by atoms with Gasteiger partial charge in [0.25, 0.3) is 0 Å². The van der Waals surface area contributed by atoms with Crippen LogP contribution in [0.3, 0.4) is 0 Å². The molecule has 0 aliphatic heterocycles. The van der Waals surface area contributed by atoms with Crippen LogP contribution < -0.4 is 0 Å². The zero-order valence-corrected chi connectivity index (χ0v) is 39.8. The van der Waals surface area contributed by atoms with Gasteiger partial charge in [-0.05, 0) is 109 Å². The van der Waals surface area contributed by atoms with Crippen LogP contribution in [0, 0.1) is 0 Å². The molecule has 0 aliphatic carbocycles. The summed E-state index contributed by atoms with van der Waals surface area (Å²) in [5.74, 6) is -0.582. The third-order valence-corrected chi connectivity index (χ3v) is 9.68. The van der Waals surface area contributed by atoms with Gasteiger partial charge in [-0.25, -0.2) is 0 Å². The van der Waals surface area contributed by atoms with Gasteiger partial charge in [0.2, 0.25) is 0 Å². The highest BCUT2D eigenvalue weighted by Crippen LogP contribution is 2.11. The summed E-state index contributed by atoms with van der Waals surface area (Å²) < 4.78 is 17.2. The molecule has 0 bridgehead atoms. The van der Waals surface area contributed by atoms with Crippen molar-refractivity contribution in [3.63, 3.8) is 0 Å². The maximum atomic E-state index is 12.7. The molecule has 0 radical (unpaired) electrons. The van der Waals surface area contributed by atoms with E-state index in [0.717, 1.165) is 122 Å². The highest BCUT2D eigenvalue weighted by molar-refractivity contribution is 5.71. The molecule has 1 atom stereocenters. The Morgan fingerprint density at radius 1 is 0.387 bits per heavy atom. The SMILES string of the molecule is CC/C=C\C/C=C\C/C=C\C/C=C\C/C=C\CCCCCCOCC(COC(=O)C/C=C\C/C=C\C/C=C\C/C=C\C/C=C\CC)OC(=O)CCCCCCC/C=C\CCCC. The Kier molecular flexibility index (Phi) is 48.1. The van der Waals surface area contributed by atoms with E-state index in [0.29, 0.717) is 13.0 Å². The van der Waals surface area contributed by atoms with Gasteiger partial charge in [0, 0.05) is 13.0 Å². The zero-order valence-electron chi connectivity index (χ0n) is 39.8. The smallest absolute Gasteiger partial charge is 0.309 e. The summed E-state index contributed by atoms with van der Waals surface area (Å²) in [6, 6.07) is 0. The van der Waals surface area contributed by atoms with Crippen molar-refractivity contribution in [2.24, 2.45) is 0 Å². The Morgan fingerprint density at radius 2 is 0.774 bits per heavy atom. The third kappa shape index (κ3) is 48.7. The van der Waals surface area contributed by atoms with Gasteiger partial charge in [-0.1, -0.05) is 199 Å². The van der Waals surface area contributed by atoms with Gasteiger partial charge in [0.15, 0.2) is 6.10 Å². The van der Waals surface area contributed by atoms with Crippen molar-refractivity contribution < 1.29 is 23.8 Å². The maximum Gasteiger partial charge on any atom is 0.309 e. The molecule has 5 heteroatoms. The fraction of sp³-hybridized carbons (Fsp3) is 0.579. The number of ether oxygens (including phenoxy) is 3. The van der Waals surface area contributed by atoms with Crippen LogP contribution in [0.4, 0.5) is 0 Å². The van der Waals surface area contributed by atoms with Crippen LogP contribution in [-0.2, 0) is 23.8 Å². The number of carbonyl (C=O) groups excluding carboxylic acids is 2. The van der Waals surface area contributed by atoms with Crippen molar-refractivity contribution in [1.29, 1.82) is 0 Å². The van der Waals surface area contributed by atoms with Crippen molar-refractivity contribution >= 4 is 11.9 Å². The predicted octanol–water partition coefficient (Wildman–Crippen LogP) is 16.8. The molecule has 0 heterocycles. The molecule has 0 N–H and O–H groups in total. The predicted molar refractivity (Wildman–Crippen MR) is 269 cm³/mol. The summed E-state index contributed by atoms with van der Waals surface area (Å²) in [6.45, 7) is 7.36. The largest absolute Gasteiger partial charge is 0.461 e. The summed E-state index contributed by atoms with van der Waals surface area (Å²) in [5, 5.41) is 0. The standard InChI is InChI=1S/C57H90O5/c1-4-7-10-13-16-19-22-24-26-27-28-29-30-32-34-37-40-43-46-49-52-60-53-55(62-57(59)51-48-45-42-39-35-21-18-15-12-9-6-3)54-61-56(58)50-47-44-41-38-36-33-31-25-23-20-17-14-11-8-5-2/h7-8,10-11,15-20,24-26,28-29,31-32,34,36,38,44,47,55H,4-6,9,12-14,21-23,27,30,33,35,37,39-43,45-46,48-54H2,1-3H3/b10-7-,11-8-,18-15-,19-16-,20-17-,26-24-,29-28-,31-25-,34-32-,38-36-,47-44-. The molecule has 5 nitrogen and oxygen atoms in total. The number of allylic oxidation sites excluding steroid dienone is 21. The topological polar surface area (TPSA) is 61.8 Å². The summed E-state index contributed by atoms with van der Waals surface area (Å²) in [7, 11) is 0. The van der Waals surface area contributed by atoms with Gasteiger partial charge >= 0.3 is 11.9 Å². The monoisotopic (exact) mass is 855 g/mol. The van der Waals surface area contributed by atoms with E-state index in [1.54, 1.807) is 0 Å². The average Bonchev–Trinajstić information content (AvgIpc) is 3.27. The van der Waals surface area contributed by atoms with Crippen molar-refractivity contribution in [3.05, 3.63) is 134 Å². The fourth-order valence-electron chi connectivity index (χ4n) is 6.06. The second-order valence-electron chi connectivity index (χ2n) is 15.6. The minimum atomic E-state index is -0.602. The minimum Gasteiger partial charge on any atom is -0.461 e. The molecule has 0 amide bonds. The number of carbonyl (C=O) groups is 2. The molecule has 0 fully saturated rings. The first-order valence-electron chi connectivity index (χ1n) is 24.7. The Morgan fingerprint density at radius 3 is 1.26 bits per heavy atom. The van der Waals surface area contributed by atoms with Crippen LogP contribution >= 0.6 is 0 Å². The van der Waals surface area contributed by atoms with Crippen molar-refractivity contribution in [2.45, 2.75) is 194 Å². The average molecular weight is 855 g/mol. The van der Waals surface area contributed by atoms with E-state index < -0.39 is 6.10 Å². The number of esters is 2. The van der Waals surface area contributed by atoms with Crippen LogP contribution in [0.5, 0.6) is 0 Å². The summed E-state index contributed by atoms with van der Waals surface area (Å²) in [6.07, 6.45) is 73.4. The van der Waals surface area contributed by atoms with E-state index in [1.165, 1.54) is 32.1 Å². The highest BCUT2D eigenvalue weighted by Gasteiger charge is 2.17. The van der Waals surface area contributed by atoms with Crippen molar-refractivity contribution in [2.75, 3.05) is 19.8 Å². The molecule has 0 aliphatic rings. The second-order valence-corrected chi connectivity index (χ2v) is 15.6. The molecule has 0 spiro atoms. The van der Waals surface area contributed by atoms with E-state index in [9.17, 15) is 9.59 Å². The summed E-state index contributed by atoms with van der Waals surface area (Å²) in [5.41, 5.74) is 0. The quantitative estimate of drug-likeness (QED) is 0.0347. The summed E-state index contributed by atoms with van der Waals surface area (Å²) >= 11 is 0. The van der Waals surface area contributed by atoms with E-state index in [2.05, 4.69) is 142 Å². The molecular formula is C57H90O5. The van der Waals surface area contributed by atoms with Gasteiger partial charge < -0.3 is 14.2 Å². The van der Waals surface area contributed by atoms with Crippen LogP contribution in [0.1, 0.15) is 188 Å². The van der Waals surface area contributed by atoms with E-state index in [4.69, 9.17) is 14.2 Å². The number of rotatable bonds is 43. The zero-order chi connectivity index (χ0) is 44.9. The van der Waals surface area contributed by atoms with Gasteiger partial charge in [0.05, 0.1) is 13.0 Å². The van der Waals surface area contributed by atoms with Crippen molar-refractivity contribution in [1.82, 2.24) is 0 Å². The fourth-order valence-corrected chi connectivity index (χ4v) is 6.06. The lowest BCUT2D eigenvalue weighted by atomic mass is 10.1. The second kappa shape index (κ2) is 51.4. The highest BCUT2D eigenvalue weighted by atomic mass is 16.6. The van der Waals surface area contributed by atoms with Gasteiger partial charge in [-0.3, -0.25) is 9.59 Å². The van der Waals surface area contributed by atoms with Crippen molar-refractivity contribution in [3.8, 4) is 0 Å². The Bertz CT molecular complexity index is 1330. The Balaban J connectivity index is 4.44. The normalized spacial score (nSPS) is 13.4. The number of hydrogen-bond donors (Lipinski definition) is 0. The van der Waals surface area contributed by atoms with Crippen LogP contribution in [-0.4, -0.2) is 37.9 Å². The lowest BCUT2D eigenvalue weighted by Crippen LogP contribution is -2.30.